The lowest BCUT2D eigenvalue weighted by molar-refractivity contribution is -0.117. The van der Waals surface area contributed by atoms with Crippen LogP contribution in [0.3, 0.4) is 0 Å². The van der Waals surface area contributed by atoms with E-state index in [9.17, 15) is 14.7 Å². The van der Waals surface area contributed by atoms with Crippen LogP contribution in [0.2, 0.25) is 0 Å². The number of fused-ring (bicyclic) bond motifs is 1. The Hall–Kier alpha value is -4.53. The van der Waals surface area contributed by atoms with Gasteiger partial charge < -0.3 is 5.11 Å². The molecule has 0 saturated heterocycles. The lowest BCUT2D eigenvalue weighted by Gasteiger charge is -2.24. The zero-order valence-electron chi connectivity index (χ0n) is 22.8. The molecular weight excluding hydrogens is 563 g/mol. The molecule has 0 radical (unpaired) electrons. The minimum absolute atomic E-state index is 0.0246. The van der Waals surface area contributed by atoms with E-state index in [0.717, 1.165) is 17.5 Å². The number of rotatable bonds is 9. The maximum Gasteiger partial charge on any atom is 0.296 e. The van der Waals surface area contributed by atoms with Crippen LogP contribution < -0.4 is 4.90 Å². The van der Waals surface area contributed by atoms with Crippen molar-refractivity contribution in [3.63, 3.8) is 0 Å². The molecule has 6 nitrogen and oxygen atoms in total. The number of nitrogens with zero attached hydrogens (tertiary/aromatic N) is 3. The normalized spacial score (nSPS) is 15.3. The molecule has 0 bridgehead atoms. The average molecular weight is 590 g/mol. The van der Waals surface area contributed by atoms with Gasteiger partial charge in [0.15, 0.2) is 15.9 Å². The molecule has 0 fully saturated rings. The summed E-state index contributed by atoms with van der Waals surface area (Å²) in [6, 6.07) is 30.8. The zero-order valence-corrected chi connectivity index (χ0v) is 24.4. The minimum Gasteiger partial charge on any atom is -0.503 e. The van der Waals surface area contributed by atoms with E-state index in [2.05, 4.69) is 41.4 Å². The fourth-order valence-electron chi connectivity index (χ4n) is 5.05. The molecule has 0 aliphatic carbocycles. The summed E-state index contributed by atoms with van der Waals surface area (Å²) < 4.78 is 0.689. The summed E-state index contributed by atoms with van der Waals surface area (Å²) in [4.78, 5) is 28.4. The number of carbonyl (C=O) groups excluding carboxylic acids is 2. The van der Waals surface area contributed by atoms with Crippen LogP contribution in [0.4, 0.5) is 5.13 Å². The summed E-state index contributed by atoms with van der Waals surface area (Å²) in [5.41, 5.74) is 3.88. The van der Waals surface area contributed by atoms with Gasteiger partial charge in [-0.15, -0.1) is 10.2 Å². The molecule has 42 heavy (non-hydrogen) atoms. The molecule has 6 rings (SSSR count). The van der Waals surface area contributed by atoms with Gasteiger partial charge in [0, 0.05) is 5.75 Å². The molecule has 4 aromatic carbocycles. The number of hydrogen-bond acceptors (Lipinski definition) is 7. The molecule has 1 atom stereocenters. The third-order valence-electron chi connectivity index (χ3n) is 7.24. The summed E-state index contributed by atoms with van der Waals surface area (Å²) in [5, 5.41) is 22.4. The molecule has 1 amide bonds. The Morgan fingerprint density at radius 3 is 2.48 bits per heavy atom. The number of aromatic nitrogens is 2. The second-order valence-electron chi connectivity index (χ2n) is 9.82. The number of thioether (sulfide) groups is 1. The molecule has 1 aliphatic rings. The van der Waals surface area contributed by atoms with Gasteiger partial charge in [0.2, 0.25) is 5.13 Å². The number of anilines is 1. The maximum absolute atomic E-state index is 13.5. The summed E-state index contributed by atoms with van der Waals surface area (Å²) in [7, 11) is 0. The van der Waals surface area contributed by atoms with Crippen molar-refractivity contribution < 1.29 is 14.7 Å². The van der Waals surface area contributed by atoms with Crippen molar-refractivity contribution in [3.8, 4) is 0 Å². The van der Waals surface area contributed by atoms with Gasteiger partial charge in [-0.25, -0.2) is 0 Å². The van der Waals surface area contributed by atoms with E-state index >= 15 is 0 Å². The van der Waals surface area contributed by atoms with E-state index in [1.54, 1.807) is 6.08 Å². The van der Waals surface area contributed by atoms with Gasteiger partial charge in [-0.3, -0.25) is 14.5 Å². The van der Waals surface area contributed by atoms with Gasteiger partial charge in [0.1, 0.15) is 0 Å². The molecule has 1 unspecified atom stereocenters. The van der Waals surface area contributed by atoms with Crippen molar-refractivity contribution in [2.75, 3.05) is 4.90 Å². The largest absolute Gasteiger partial charge is 0.503 e. The number of amides is 1. The molecule has 1 N–H and O–H groups in total. The Kier molecular flexibility index (Phi) is 7.99. The minimum atomic E-state index is -0.833. The third kappa shape index (κ3) is 5.51. The molecule has 5 aromatic rings. The van der Waals surface area contributed by atoms with Crippen LogP contribution in [0.5, 0.6) is 0 Å². The van der Waals surface area contributed by atoms with E-state index < -0.39 is 23.5 Å². The number of aryl methyl sites for hydroxylation is 1. The SMILES string of the molecule is CCc1ccc(C2C(C(=O)/C=C/c3ccccc3)=C(O)C(=O)N2c2nnc(SCc3cccc4ccccc34)s2)cc1. The lowest BCUT2D eigenvalue weighted by Crippen LogP contribution is -2.30. The van der Waals surface area contributed by atoms with Gasteiger partial charge in [-0.2, -0.15) is 0 Å². The highest BCUT2D eigenvalue weighted by molar-refractivity contribution is 8.00. The van der Waals surface area contributed by atoms with Gasteiger partial charge >= 0.3 is 0 Å². The van der Waals surface area contributed by atoms with E-state index in [-0.39, 0.29) is 5.57 Å². The molecule has 0 spiro atoms. The molecule has 2 heterocycles. The fourth-order valence-corrected chi connectivity index (χ4v) is 6.92. The predicted octanol–water partition coefficient (Wildman–Crippen LogP) is 7.73. The zero-order chi connectivity index (χ0) is 29.1. The number of allylic oxidation sites excluding steroid dienone is 1. The monoisotopic (exact) mass is 589 g/mol. The van der Waals surface area contributed by atoms with Crippen LogP contribution in [0.1, 0.15) is 35.2 Å². The second kappa shape index (κ2) is 12.1. The molecular formula is C34H27N3O3S2. The van der Waals surface area contributed by atoms with E-state index in [1.165, 1.54) is 50.4 Å². The smallest absolute Gasteiger partial charge is 0.296 e. The Balaban J connectivity index is 1.31. The van der Waals surface area contributed by atoms with Crippen LogP contribution in [0.15, 0.2) is 119 Å². The van der Waals surface area contributed by atoms with Gasteiger partial charge in [-0.1, -0.05) is 133 Å². The van der Waals surface area contributed by atoms with E-state index in [1.807, 2.05) is 72.8 Å². The Bertz CT molecular complexity index is 1820. The van der Waals surface area contributed by atoms with Crippen molar-refractivity contribution in [1.29, 1.82) is 0 Å². The summed E-state index contributed by atoms with van der Waals surface area (Å²) in [6.07, 6.45) is 3.94. The Labute approximate surface area is 252 Å². The number of ketones is 1. The number of hydrogen-bond donors (Lipinski definition) is 1. The molecule has 208 valence electrons. The quantitative estimate of drug-likeness (QED) is 0.108. The third-order valence-corrected chi connectivity index (χ3v) is 9.34. The molecule has 1 aliphatic heterocycles. The predicted molar refractivity (Wildman–Crippen MR) is 170 cm³/mol. The topological polar surface area (TPSA) is 83.4 Å². The van der Waals surface area contributed by atoms with Crippen molar-refractivity contribution >= 4 is 56.8 Å². The van der Waals surface area contributed by atoms with Crippen molar-refractivity contribution in [1.82, 2.24) is 10.2 Å². The number of benzene rings is 4. The highest BCUT2D eigenvalue weighted by Crippen LogP contribution is 2.43. The van der Waals surface area contributed by atoms with Crippen molar-refractivity contribution in [2.24, 2.45) is 0 Å². The first kappa shape index (κ1) is 27.6. The van der Waals surface area contributed by atoms with Crippen LogP contribution >= 0.6 is 23.1 Å². The second-order valence-corrected chi connectivity index (χ2v) is 12.0. The van der Waals surface area contributed by atoms with Gasteiger partial charge in [-0.05, 0) is 45.5 Å². The van der Waals surface area contributed by atoms with E-state index in [0.29, 0.717) is 20.8 Å². The van der Waals surface area contributed by atoms with Gasteiger partial charge in [0.25, 0.3) is 5.91 Å². The number of aliphatic hydroxyl groups is 1. The van der Waals surface area contributed by atoms with Crippen LogP contribution in [-0.4, -0.2) is 27.0 Å². The summed E-state index contributed by atoms with van der Waals surface area (Å²) in [6.45, 7) is 2.06. The first-order valence-corrected chi connectivity index (χ1v) is 15.4. The van der Waals surface area contributed by atoms with Crippen LogP contribution in [0, 0.1) is 0 Å². The molecule has 8 heteroatoms. The molecule has 1 aromatic heterocycles. The van der Waals surface area contributed by atoms with E-state index in [4.69, 9.17) is 0 Å². The van der Waals surface area contributed by atoms with Crippen molar-refractivity contribution in [2.45, 2.75) is 29.5 Å². The summed E-state index contributed by atoms with van der Waals surface area (Å²) in [5.74, 6) is -0.990. The highest BCUT2D eigenvalue weighted by atomic mass is 32.2. The standard InChI is InChI=1S/C34H27N3O3S2/c1-2-22-15-18-25(19-16-22)30-29(28(38)20-17-23-9-4-3-5-10-23)31(39)32(40)37(30)33-35-36-34(42-33)41-21-26-13-8-12-24-11-6-7-14-27(24)26/h3-20,30,39H,2,21H2,1H3/b20-17+. The molecule has 0 saturated carbocycles. The number of aliphatic hydroxyl groups excluding tert-OH is 1. The van der Waals surface area contributed by atoms with Crippen molar-refractivity contribution in [3.05, 3.63) is 137 Å². The average Bonchev–Trinajstić information content (AvgIpc) is 3.61. The first-order valence-electron chi connectivity index (χ1n) is 13.6. The Morgan fingerprint density at radius 2 is 1.69 bits per heavy atom. The Morgan fingerprint density at radius 1 is 0.952 bits per heavy atom. The fraction of sp³-hybridized carbons (Fsp3) is 0.118. The van der Waals surface area contributed by atoms with Crippen LogP contribution in [0.25, 0.3) is 16.8 Å². The highest BCUT2D eigenvalue weighted by Gasteiger charge is 2.45. The van der Waals surface area contributed by atoms with Gasteiger partial charge in [0.05, 0.1) is 11.6 Å². The maximum atomic E-state index is 13.5. The number of carbonyl (C=O) groups is 2. The first-order chi connectivity index (χ1) is 20.5. The lowest BCUT2D eigenvalue weighted by atomic mass is 9.95. The summed E-state index contributed by atoms with van der Waals surface area (Å²) >= 11 is 2.81. The van der Waals surface area contributed by atoms with Crippen LogP contribution in [-0.2, 0) is 21.8 Å².